The van der Waals surface area contributed by atoms with Crippen molar-refractivity contribution in [2.24, 2.45) is 5.92 Å². The molecule has 5 nitrogen and oxygen atoms in total. The van der Waals surface area contributed by atoms with E-state index in [1.807, 2.05) is 0 Å². The van der Waals surface area contributed by atoms with Crippen LogP contribution in [-0.2, 0) is 29.7 Å². The predicted octanol–water partition coefficient (Wildman–Crippen LogP) is 2.69. The molecule has 2 aliphatic heterocycles. The fourth-order valence-corrected chi connectivity index (χ4v) is 5.24. The van der Waals surface area contributed by atoms with Gasteiger partial charge in [0, 0.05) is 31.5 Å². The van der Waals surface area contributed by atoms with Gasteiger partial charge in [-0.15, -0.1) is 10.2 Å². The molecular formula is C20H24N4O. The first-order valence-electron chi connectivity index (χ1n) is 9.49. The fraction of sp³-hybridized carbons (Fsp3) is 0.550. The second-order valence-corrected chi connectivity index (χ2v) is 7.97. The van der Waals surface area contributed by atoms with Crippen LogP contribution in [0.4, 0.5) is 0 Å². The van der Waals surface area contributed by atoms with Gasteiger partial charge >= 0.3 is 0 Å². The molecule has 1 aromatic carbocycles. The maximum Gasteiger partial charge on any atom is 0.227 e. The molecule has 130 valence electrons. The van der Waals surface area contributed by atoms with Gasteiger partial charge in [-0.05, 0) is 30.4 Å². The van der Waals surface area contributed by atoms with Crippen LogP contribution in [0, 0.1) is 5.92 Å². The van der Waals surface area contributed by atoms with Crippen LogP contribution in [-0.4, -0.2) is 32.1 Å². The Balaban J connectivity index is 1.42. The number of fused-ring (bicyclic) bond motifs is 3. The van der Waals surface area contributed by atoms with Crippen molar-refractivity contribution in [3.8, 4) is 0 Å². The molecule has 1 amide bonds. The Bertz CT molecular complexity index is 806. The van der Waals surface area contributed by atoms with Crippen LogP contribution in [0.15, 0.2) is 30.6 Å². The number of carbonyl (C=O) groups excluding carboxylic acids is 1. The van der Waals surface area contributed by atoms with Crippen molar-refractivity contribution in [3.63, 3.8) is 0 Å². The maximum absolute atomic E-state index is 13.3. The molecular weight excluding hydrogens is 312 g/mol. The summed E-state index contributed by atoms with van der Waals surface area (Å²) in [5.74, 6) is 1.40. The number of rotatable bonds is 1. The van der Waals surface area contributed by atoms with E-state index < -0.39 is 0 Å². The van der Waals surface area contributed by atoms with E-state index in [1.54, 1.807) is 6.33 Å². The number of benzene rings is 1. The van der Waals surface area contributed by atoms with Gasteiger partial charge in [-0.1, -0.05) is 37.1 Å². The van der Waals surface area contributed by atoms with Crippen molar-refractivity contribution in [1.82, 2.24) is 19.7 Å². The van der Waals surface area contributed by atoms with Gasteiger partial charge in [-0.2, -0.15) is 0 Å². The first-order valence-corrected chi connectivity index (χ1v) is 9.49. The Labute approximate surface area is 148 Å². The minimum Gasteiger partial charge on any atom is -0.337 e. The number of aromatic nitrogens is 3. The highest BCUT2D eigenvalue weighted by Gasteiger charge is 2.43. The van der Waals surface area contributed by atoms with Crippen molar-refractivity contribution < 1.29 is 4.79 Å². The largest absolute Gasteiger partial charge is 0.337 e. The molecule has 3 heterocycles. The molecule has 5 heteroatoms. The highest BCUT2D eigenvalue weighted by Crippen LogP contribution is 2.46. The van der Waals surface area contributed by atoms with Gasteiger partial charge < -0.3 is 9.47 Å². The van der Waals surface area contributed by atoms with Crippen molar-refractivity contribution in [2.45, 2.75) is 57.0 Å². The van der Waals surface area contributed by atoms with Gasteiger partial charge in [0.2, 0.25) is 5.91 Å². The molecule has 0 unspecified atom stereocenters. The standard InChI is InChI=1S/C20H24N4O/c25-19(16-7-8-18-22-21-14-24(18)12-16)23-11-15-5-1-2-6-17(15)20(13-23)9-3-4-10-20/h1-2,5-6,14,16H,3-4,7-13H2/t16-/m0/s1. The first-order chi connectivity index (χ1) is 12.3. The van der Waals surface area contributed by atoms with Gasteiger partial charge in [-0.3, -0.25) is 4.79 Å². The van der Waals surface area contributed by atoms with Gasteiger partial charge in [0.1, 0.15) is 12.2 Å². The van der Waals surface area contributed by atoms with E-state index in [-0.39, 0.29) is 11.3 Å². The van der Waals surface area contributed by atoms with Gasteiger partial charge in [0.05, 0.1) is 5.92 Å². The van der Waals surface area contributed by atoms with Crippen LogP contribution in [0.3, 0.4) is 0 Å². The zero-order chi connectivity index (χ0) is 16.9. The molecule has 0 saturated heterocycles. The summed E-state index contributed by atoms with van der Waals surface area (Å²) in [5, 5.41) is 8.12. The SMILES string of the molecule is O=C([C@H]1CCc2nncn2C1)N1Cc2ccccc2C2(CCCC2)C1. The normalized spacial score (nSPS) is 24.2. The summed E-state index contributed by atoms with van der Waals surface area (Å²) < 4.78 is 2.05. The number of aryl methyl sites for hydroxylation is 1. The average Bonchev–Trinajstić information content (AvgIpc) is 3.30. The van der Waals surface area contributed by atoms with Crippen LogP contribution in [0.25, 0.3) is 0 Å². The molecule has 2 aromatic rings. The second-order valence-electron chi connectivity index (χ2n) is 7.97. The minimum absolute atomic E-state index is 0.0622. The average molecular weight is 336 g/mol. The summed E-state index contributed by atoms with van der Waals surface area (Å²) in [5.41, 5.74) is 3.05. The first kappa shape index (κ1) is 15.1. The summed E-state index contributed by atoms with van der Waals surface area (Å²) in [4.78, 5) is 15.5. The number of nitrogens with zero attached hydrogens (tertiary/aromatic N) is 4. The lowest BCUT2D eigenvalue weighted by atomic mass is 9.73. The van der Waals surface area contributed by atoms with Gasteiger partial charge in [0.25, 0.3) is 0 Å². The molecule has 1 atom stereocenters. The topological polar surface area (TPSA) is 51.0 Å². The third kappa shape index (κ3) is 2.40. The third-order valence-corrected chi connectivity index (χ3v) is 6.49. The van der Waals surface area contributed by atoms with Crippen LogP contribution in [0.5, 0.6) is 0 Å². The summed E-state index contributed by atoms with van der Waals surface area (Å²) in [6.45, 7) is 2.39. The Morgan fingerprint density at radius 3 is 2.92 bits per heavy atom. The van der Waals surface area contributed by atoms with Gasteiger partial charge in [-0.25, -0.2) is 0 Å². The van der Waals surface area contributed by atoms with E-state index in [2.05, 4.69) is 43.9 Å². The summed E-state index contributed by atoms with van der Waals surface area (Å²) >= 11 is 0. The zero-order valence-electron chi connectivity index (χ0n) is 14.5. The van der Waals surface area contributed by atoms with Crippen molar-refractivity contribution in [2.75, 3.05) is 6.54 Å². The molecule has 5 rings (SSSR count). The Morgan fingerprint density at radius 2 is 2.04 bits per heavy atom. The van der Waals surface area contributed by atoms with E-state index in [0.717, 1.165) is 38.3 Å². The number of hydrogen-bond donors (Lipinski definition) is 0. The lowest BCUT2D eigenvalue weighted by Crippen LogP contribution is -2.49. The number of carbonyl (C=O) groups is 1. The van der Waals surface area contributed by atoms with Crippen molar-refractivity contribution in [3.05, 3.63) is 47.5 Å². The van der Waals surface area contributed by atoms with Crippen LogP contribution in [0.1, 0.15) is 49.1 Å². The van der Waals surface area contributed by atoms with Gasteiger partial charge in [0.15, 0.2) is 0 Å². The lowest BCUT2D eigenvalue weighted by Gasteiger charge is -2.43. The molecule has 1 fully saturated rings. The smallest absolute Gasteiger partial charge is 0.227 e. The molecule has 25 heavy (non-hydrogen) atoms. The summed E-state index contributed by atoms with van der Waals surface area (Å²) in [6, 6.07) is 8.78. The molecule has 0 radical (unpaired) electrons. The zero-order valence-corrected chi connectivity index (χ0v) is 14.5. The van der Waals surface area contributed by atoms with E-state index in [1.165, 1.54) is 36.8 Å². The van der Waals surface area contributed by atoms with Crippen LogP contribution >= 0.6 is 0 Å². The van der Waals surface area contributed by atoms with Crippen LogP contribution in [0.2, 0.25) is 0 Å². The summed E-state index contributed by atoms with van der Waals surface area (Å²) in [7, 11) is 0. The van der Waals surface area contributed by atoms with E-state index >= 15 is 0 Å². The number of hydrogen-bond acceptors (Lipinski definition) is 3. The molecule has 3 aliphatic rings. The van der Waals surface area contributed by atoms with Crippen molar-refractivity contribution >= 4 is 5.91 Å². The monoisotopic (exact) mass is 336 g/mol. The third-order valence-electron chi connectivity index (χ3n) is 6.49. The summed E-state index contributed by atoms with van der Waals surface area (Å²) in [6.07, 6.45) is 8.50. The fourth-order valence-electron chi connectivity index (χ4n) is 5.24. The molecule has 0 bridgehead atoms. The molecule has 1 spiro atoms. The highest BCUT2D eigenvalue weighted by molar-refractivity contribution is 5.79. The second kappa shape index (κ2) is 5.68. The quantitative estimate of drug-likeness (QED) is 0.804. The minimum atomic E-state index is 0.0622. The predicted molar refractivity (Wildman–Crippen MR) is 93.8 cm³/mol. The highest BCUT2D eigenvalue weighted by atomic mass is 16.2. The van der Waals surface area contributed by atoms with E-state index in [0.29, 0.717) is 5.91 Å². The maximum atomic E-state index is 13.3. The van der Waals surface area contributed by atoms with Crippen LogP contribution < -0.4 is 0 Å². The molecule has 0 N–H and O–H groups in total. The van der Waals surface area contributed by atoms with Crippen molar-refractivity contribution in [1.29, 1.82) is 0 Å². The molecule has 1 saturated carbocycles. The molecule has 1 aromatic heterocycles. The lowest BCUT2D eigenvalue weighted by molar-refractivity contribution is -0.138. The Hall–Kier alpha value is -2.17. The van der Waals surface area contributed by atoms with E-state index in [4.69, 9.17) is 0 Å². The Kier molecular flexibility index (Phi) is 3.43. The number of amides is 1. The van der Waals surface area contributed by atoms with E-state index in [9.17, 15) is 4.79 Å². The molecule has 1 aliphatic carbocycles. The Morgan fingerprint density at radius 1 is 1.20 bits per heavy atom.